The third-order valence-corrected chi connectivity index (χ3v) is 3.92. The van der Waals surface area contributed by atoms with Crippen molar-refractivity contribution in [3.05, 3.63) is 29.6 Å². The molecular formula is C16H24ClFN2O2. The van der Waals surface area contributed by atoms with E-state index in [9.17, 15) is 9.18 Å². The van der Waals surface area contributed by atoms with Gasteiger partial charge in [-0.3, -0.25) is 4.79 Å². The van der Waals surface area contributed by atoms with Crippen LogP contribution in [0, 0.1) is 11.7 Å². The maximum Gasteiger partial charge on any atom is 0.223 e. The summed E-state index contributed by atoms with van der Waals surface area (Å²) in [6, 6.07) is 5.28. The molecule has 0 aliphatic carbocycles. The minimum atomic E-state index is -0.367. The summed E-state index contributed by atoms with van der Waals surface area (Å²) < 4.78 is 18.4. The van der Waals surface area contributed by atoms with Gasteiger partial charge in [0.25, 0.3) is 0 Å². The molecule has 1 heterocycles. The lowest BCUT2D eigenvalue weighted by Crippen LogP contribution is -2.42. The van der Waals surface area contributed by atoms with Crippen LogP contribution in [-0.2, 0) is 11.2 Å². The average molecular weight is 331 g/mol. The number of benzene rings is 1. The van der Waals surface area contributed by atoms with Crippen LogP contribution in [0.15, 0.2) is 18.2 Å². The lowest BCUT2D eigenvalue weighted by atomic mass is 9.92. The van der Waals surface area contributed by atoms with Gasteiger partial charge < -0.3 is 15.4 Å². The second kappa shape index (κ2) is 8.96. The number of amides is 1. The van der Waals surface area contributed by atoms with Crippen LogP contribution in [-0.4, -0.2) is 32.1 Å². The lowest BCUT2D eigenvalue weighted by Gasteiger charge is -2.27. The monoisotopic (exact) mass is 330 g/mol. The Balaban J connectivity index is 0.00000242. The molecule has 0 unspecified atom stereocenters. The number of rotatable bonds is 5. The van der Waals surface area contributed by atoms with Gasteiger partial charge in [0.05, 0.1) is 7.11 Å². The molecular weight excluding hydrogens is 307 g/mol. The summed E-state index contributed by atoms with van der Waals surface area (Å²) in [6.07, 6.45) is 2.38. The molecule has 1 aromatic rings. The Morgan fingerprint density at radius 2 is 2.27 bits per heavy atom. The first kappa shape index (κ1) is 18.7. The van der Waals surface area contributed by atoms with Crippen LogP contribution >= 0.6 is 12.4 Å². The summed E-state index contributed by atoms with van der Waals surface area (Å²) in [5.74, 6) is 0.0752. The molecule has 1 fully saturated rings. The highest BCUT2D eigenvalue weighted by atomic mass is 35.5. The molecule has 6 heteroatoms. The van der Waals surface area contributed by atoms with Crippen LogP contribution in [0.1, 0.15) is 25.3 Å². The number of piperidine rings is 1. The molecule has 1 saturated heterocycles. The molecule has 4 nitrogen and oxygen atoms in total. The van der Waals surface area contributed by atoms with Crippen molar-refractivity contribution in [2.45, 2.75) is 32.2 Å². The highest BCUT2D eigenvalue weighted by Crippen LogP contribution is 2.18. The van der Waals surface area contributed by atoms with Crippen molar-refractivity contribution in [2.75, 3.05) is 20.2 Å². The molecule has 22 heavy (non-hydrogen) atoms. The Kier molecular flexibility index (Phi) is 7.62. The quantitative estimate of drug-likeness (QED) is 0.871. The second-order valence-electron chi connectivity index (χ2n) is 5.59. The van der Waals surface area contributed by atoms with Crippen molar-refractivity contribution < 1.29 is 13.9 Å². The molecule has 0 bridgehead atoms. The molecule has 1 amide bonds. The van der Waals surface area contributed by atoms with Crippen LogP contribution in [0.4, 0.5) is 4.39 Å². The zero-order chi connectivity index (χ0) is 15.2. The number of halogens is 2. The first-order valence-corrected chi connectivity index (χ1v) is 7.43. The smallest absolute Gasteiger partial charge is 0.223 e. The van der Waals surface area contributed by atoms with Gasteiger partial charge >= 0.3 is 0 Å². The largest absolute Gasteiger partial charge is 0.494 e. The average Bonchev–Trinajstić information content (AvgIpc) is 2.47. The Bertz CT molecular complexity index is 499. The highest BCUT2D eigenvalue weighted by Gasteiger charge is 2.24. The Hall–Kier alpha value is -1.33. The van der Waals surface area contributed by atoms with E-state index >= 15 is 0 Å². The zero-order valence-electron chi connectivity index (χ0n) is 13.0. The van der Waals surface area contributed by atoms with E-state index in [1.807, 2.05) is 6.07 Å². The maximum atomic E-state index is 13.6. The molecule has 1 aliphatic rings. The van der Waals surface area contributed by atoms with E-state index in [0.29, 0.717) is 19.0 Å². The maximum absolute atomic E-state index is 13.6. The molecule has 124 valence electrons. The number of ether oxygens (including phenoxy) is 1. The second-order valence-corrected chi connectivity index (χ2v) is 5.59. The Labute approximate surface area is 137 Å². The van der Waals surface area contributed by atoms with E-state index in [0.717, 1.165) is 24.9 Å². The Morgan fingerprint density at radius 3 is 2.91 bits per heavy atom. The third kappa shape index (κ3) is 5.14. The van der Waals surface area contributed by atoms with Crippen LogP contribution < -0.4 is 15.4 Å². The van der Waals surface area contributed by atoms with Crippen LogP contribution in [0.3, 0.4) is 0 Å². The molecule has 0 radical (unpaired) electrons. The van der Waals surface area contributed by atoms with Crippen molar-refractivity contribution in [2.24, 2.45) is 5.92 Å². The SMILES string of the molecule is COc1ccc(CCNC(=O)[C@H]2CCN[C@@H](C)C2)cc1F.Cl. The molecule has 0 spiro atoms. The van der Waals surface area contributed by atoms with Gasteiger partial charge in [-0.15, -0.1) is 12.4 Å². The molecule has 1 aromatic carbocycles. The van der Waals surface area contributed by atoms with E-state index in [1.165, 1.54) is 13.2 Å². The summed E-state index contributed by atoms with van der Waals surface area (Å²) in [7, 11) is 1.44. The first-order chi connectivity index (χ1) is 10.1. The number of hydrogen-bond acceptors (Lipinski definition) is 3. The first-order valence-electron chi connectivity index (χ1n) is 7.43. The van der Waals surface area contributed by atoms with Crippen molar-refractivity contribution in [1.29, 1.82) is 0 Å². The molecule has 0 aromatic heterocycles. The summed E-state index contributed by atoms with van der Waals surface area (Å²) in [5.41, 5.74) is 0.854. The van der Waals surface area contributed by atoms with E-state index in [4.69, 9.17) is 4.74 Å². The predicted molar refractivity (Wildman–Crippen MR) is 87.1 cm³/mol. The molecule has 1 aliphatic heterocycles. The van der Waals surface area contributed by atoms with Gasteiger partial charge in [0.1, 0.15) is 0 Å². The molecule has 0 saturated carbocycles. The zero-order valence-corrected chi connectivity index (χ0v) is 13.8. The van der Waals surface area contributed by atoms with Gasteiger partial charge in [0.15, 0.2) is 11.6 Å². The van der Waals surface area contributed by atoms with Gasteiger partial charge in [0.2, 0.25) is 5.91 Å². The summed E-state index contributed by atoms with van der Waals surface area (Å²) in [5, 5.41) is 6.28. The van der Waals surface area contributed by atoms with E-state index in [1.54, 1.807) is 6.07 Å². The highest BCUT2D eigenvalue weighted by molar-refractivity contribution is 5.85. The minimum Gasteiger partial charge on any atom is -0.494 e. The predicted octanol–water partition coefficient (Wildman–Crippen LogP) is 2.30. The van der Waals surface area contributed by atoms with Gasteiger partial charge in [-0.1, -0.05) is 6.07 Å². The van der Waals surface area contributed by atoms with Gasteiger partial charge in [-0.25, -0.2) is 4.39 Å². The fraction of sp³-hybridized carbons (Fsp3) is 0.562. The third-order valence-electron chi connectivity index (χ3n) is 3.92. The van der Waals surface area contributed by atoms with Crippen LogP contribution in [0.25, 0.3) is 0 Å². The summed E-state index contributed by atoms with van der Waals surface area (Å²) in [4.78, 5) is 12.1. The minimum absolute atomic E-state index is 0. The fourth-order valence-corrected chi connectivity index (χ4v) is 2.71. The topological polar surface area (TPSA) is 50.4 Å². The van der Waals surface area contributed by atoms with Crippen molar-refractivity contribution in [3.63, 3.8) is 0 Å². The van der Waals surface area contributed by atoms with Crippen molar-refractivity contribution >= 4 is 18.3 Å². The fourth-order valence-electron chi connectivity index (χ4n) is 2.71. The number of hydrogen-bond donors (Lipinski definition) is 2. The van der Waals surface area contributed by atoms with Gasteiger partial charge in [-0.05, 0) is 50.4 Å². The van der Waals surface area contributed by atoms with Crippen LogP contribution in [0.2, 0.25) is 0 Å². The number of carbonyl (C=O) groups is 1. The lowest BCUT2D eigenvalue weighted by molar-refractivity contribution is -0.126. The Morgan fingerprint density at radius 1 is 1.50 bits per heavy atom. The van der Waals surface area contributed by atoms with Gasteiger partial charge in [-0.2, -0.15) is 0 Å². The van der Waals surface area contributed by atoms with Crippen LogP contribution in [0.5, 0.6) is 5.75 Å². The van der Waals surface area contributed by atoms with E-state index in [2.05, 4.69) is 17.6 Å². The standard InChI is InChI=1S/C16H23FN2O2.ClH/c1-11-9-13(6-8-18-11)16(20)19-7-5-12-3-4-15(21-2)14(17)10-12;/h3-4,10-11,13,18H,5-9H2,1-2H3,(H,19,20);1H/t11-,13-;/m0./s1. The molecule has 2 atom stereocenters. The summed E-state index contributed by atoms with van der Waals surface area (Å²) >= 11 is 0. The van der Waals surface area contributed by atoms with Crippen molar-refractivity contribution in [3.8, 4) is 5.75 Å². The normalized spacial score (nSPS) is 20.9. The van der Waals surface area contributed by atoms with Gasteiger partial charge in [0, 0.05) is 18.5 Å². The molecule has 2 rings (SSSR count). The number of carbonyl (C=O) groups excluding carboxylic acids is 1. The molecule has 2 N–H and O–H groups in total. The number of methoxy groups -OCH3 is 1. The summed E-state index contributed by atoms with van der Waals surface area (Å²) in [6.45, 7) is 3.52. The van der Waals surface area contributed by atoms with Crippen molar-refractivity contribution in [1.82, 2.24) is 10.6 Å². The van der Waals surface area contributed by atoms with E-state index in [-0.39, 0.29) is 35.8 Å². The van der Waals surface area contributed by atoms with E-state index < -0.39 is 0 Å². The number of nitrogens with one attached hydrogen (secondary N) is 2.